The van der Waals surface area contributed by atoms with Crippen molar-refractivity contribution in [3.05, 3.63) is 76.5 Å². The van der Waals surface area contributed by atoms with Crippen molar-refractivity contribution in [3.8, 4) is 11.1 Å². The molecule has 28 heavy (non-hydrogen) atoms. The third-order valence-corrected chi connectivity index (χ3v) is 5.37. The largest absolute Gasteiger partial charge is 0.383 e. The number of benzene rings is 2. The topological polar surface area (TPSA) is 57.3 Å². The Kier molecular flexibility index (Phi) is 5.37. The number of nitrogens with zero attached hydrogens (tertiary/aromatic N) is 2. The average Bonchev–Trinajstić information content (AvgIpc) is 2.93. The summed E-state index contributed by atoms with van der Waals surface area (Å²) in [6.45, 7) is 1.78. The lowest BCUT2D eigenvalue weighted by atomic mass is 10.0. The summed E-state index contributed by atoms with van der Waals surface area (Å²) in [7, 11) is 0. The number of anilines is 2. The van der Waals surface area contributed by atoms with E-state index in [4.69, 9.17) is 23.2 Å². The molecule has 0 radical (unpaired) electrons. The van der Waals surface area contributed by atoms with Crippen LogP contribution in [-0.2, 0) is 6.54 Å². The van der Waals surface area contributed by atoms with E-state index in [9.17, 15) is 4.79 Å². The van der Waals surface area contributed by atoms with Crippen LogP contribution in [0.25, 0.3) is 11.1 Å². The van der Waals surface area contributed by atoms with Gasteiger partial charge in [-0.1, -0.05) is 29.3 Å². The summed E-state index contributed by atoms with van der Waals surface area (Å²) in [6.07, 6.45) is 3.55. The van der Waals surface area contributed by atoms with E-state index in [0.717, 1.165) is 22.4 Å². The third kappa shape index (κ3) is 4.06. The third-order valence-electron chi connectivity index (χ3n) is 4.64. The van der Waals surface area contributed by atoms with Crippen molar-refractivity contribution in [2.45, 2.75) is 6.54 Å². The SMILES string of the molecule is O=C(Nc1ccc(Cl)c(Cl)c1)N1CCNc2ccc(-c3ccncc3)cc2C1. The Morgan fingerprint density at radius 2 is 1.82 bits per heavy atom. The van der Waals surface area contributed by atoms with E-state index >= 15 is 0 Å². The van der Waals surface area contributed by atoms with Crippen LogP contribution in [0.2, 0.25) is 10.0 Å². The van der Waals surface area contributed by atoms with Crippen molar-refractivity contribution >= 4 is 40.6 Å². The van der Waals surface area contributed by atoms with Crippen LogP contribution >= 0.6 is 23.2 Å². The predicted octanol–water partition coefficient (Wildman–Crippen LogP) is 5.52. The molecule has 5 nitrogen and oxygen atoms in total. The number of amides is 2. The first-order valence-corrected chi connectivity index (χ1v) is 9.64. The molecule has 2 aromatic carbocycles. The number of hydrogen-bond acceptors (Lipinski definition) is 3. The van der Waals surface area contributed by atoms with Crippen molar-refractivity contribution in [2.24, 2.45) is 0 Å². The molecule has 7 heteroatoms. The number of pyridine rings is 1. The zero-order valence-corrected chi connectivity index (χ0v) is 16.5. The Hall–Kier alpha value is -2.76. The molecule has 1 aliphatic rings. The van der Waals surface area contributed by atoms with Gasteiger partial charge in [0.15, 0.2) is 0 Å². The number of aromatic nitrogens is 1. The minimum atomic E-state index is -0.178. The lowest BCUT2D eigenvalue weighted by Gasteiger charge is -2.21. The highest BCUT2D eigenvalue weighted by atomic mass is 35.5. The maximum Gasteiger partial charge on any atom is 0.322 e. The van der Waals surface area contributed by atoms with Crippen LogP contribution in [0.15, 0.2) is 60.9 Å². The molecule has 2 amide bonds. The van der Waals surface area contributed by atoms with Gasteiger partial charge in [0.05, 0.1) is 10.0 Å². The van der Waals surface area contributed by atoms with Crippen LogP contribution in [0.4, 0.5) is 16.2 Å². The van der Waals surface area contributed by atoms with Gasteiger partial charge in [-0.05, 0) is 59.2 Å². The molecule has 0 aliphatic carbocycles. The molecule has 0 bridgehead atoms. The molecule has 0 fully saturated rings. The first-order chi connectivity index (χ1) is 13.6. The van der Waals surface area contributed by atoms with E-state index < -0.39 is 0 Å². The first-order valence-electron chi connectivity index (χ1n) is 8.88. The quantitative estimate of drug-likeness (QED) is 0.582. The minimum absolute atomic E-state index is 0.178. The molecule has 1 aliphatic heterocycles. The second-order valence-corrected chi connectivity index (χ2v) is 7.33. The van der Waals surface area contributed by atoms with Crippen molar-refractivity contribution < 1.29 is 4.79 Å². The van der Waals surface area contributed by atoms with Crippen LogP contribution in [0.3, 0.4) is 0 Å². The molecular formula is C21H18Cl2N4O. The Balaban J connectivity index is 1.55. The van der Waals surface area contributed by atoms with Gasteiger partial charge in [-0.15, -0.1) is 0 Å². The van der Waals surface area contributed by atoms with Gasteiger partial charge in [0.2, 0.25) is 0 Å². The summed E-state index contributed by atoms with van der Waals surface area (Å²) in [5, 5.41) is 7.15. The highest BCUT2D eigenvalue weighted by molar-refractivity contribution is 6.42. The first kappa shape index (κ1) is 18.6. The van der Waals surface area contributed by atoms with Crippen LogP contribution in [0.5, 0.6) is 0 Å². The molecule has 0 atom stereocenters. The number of hydrogen-bond donors (Lipinski definition) is 2. The summed E-state index contributed by atoms with van der Waals surface area (Å²) in [4.78, 5) is 18.6. The van der Waals surface area contributed by atoms with Crippen molar-refractivity contribution in [2.75, 3.05) is 23.7 Å². The Morgan fingerprint density at radius 1 is 1.00 bits per heavy atom. The summed E-state index contributed by atoms with van der Waals surface area (Å²) in [6, 6.07) is 15.1. The molecule has 1 aromatic heterocycles. The molecular weight excluding hydrogens is 395 g/mol. The predicted molar refractivity (Wildman–Crippen MR) is 114 cm³/mol. The van der Waals surface area contributed by atoms with E-state index in [2.05, 4.69) is 33.8 Å². The van der Waals surface area contributed by atoms with E-state index in [1.165, 1.54) is 0 Å². The number of urea groups is 1. The smallest absolute Gasteiger partial charge is 0.322 e. The Morgan fingerprint density at radius 3 is 2.61 bits per heavy atom. The van der Waals surface area contributed by atoms with Crippen molar-refractivity contribution in [3.63, 3.8) is 0 Å². The van der Waals surface area contributed by atoms with Crippen molar-refractivity contribution in [1.82, 2.24) is 9.88 Å². The number of carbonyl (C=O) groups excluding carboxylic acids is 1. The monoisotopic (exact) mass is 412 g/mol. The molecule has 0 saturated heterocycles. The van der Waals surface area contributed by atoms with Gasteiger partial charge in [-0.25, -0.2) is 4.79 Å². The molecule has 2 heterocycles. The second-order valence-electron chi connectivity index (χ2n) is 6.52. The molecule has 4 rings (SSSR count). The standard InChI is InChI=1S/C21H18Cl2N4O/c22-18-3-2-17(12-19(18)23)26-21(28)27-10-9-25-20-4-1-15(11-16(20)13-27)14-5-7-24-8-6-14/h1-8,11-12,25H,9-10,13H2,(H,26,28). The fraction of sp³-hybridized carbons (Fsp3) is 0.143. The van der Waals surface area contributed by atoms with E-state index in [1.807, 2.05) is 12.1 Å². The lowest BCUT2D eigenvalue weighted by molar-refractivity contribution is 0.212. The van der Waals surface area contributed by atoms with Crippen LogP contribution < -0.4 is 10.6 Å². The molecule has 0 unspecified atom stereocenters. The molecule has 3 aromatic rings. The maximum absolute atomic E-state index is 12.8. The number of rotatable bonds is 2. The zero-order chi connectivity index (χ0) is 19.5. The summed E-state index contributed by atoms with van der Waals surface area (Å²) in [5.74, 6) is 0. The van der Waals surface area contributed by atoms with Gasteiger partial charge in [0, 0.05) is 43.4 Å². The van der Waals surface area contributed by atoms with E-state index in [0.29, 0.717) is 35.4 Å². The zero-order valence-electron chi connectivity index (χ0n) is 15.0. The van der Waals surface area contributed by atoms with Crippen LogP contribution in [0.1, 0.15) is 5.56 Å². The highest BCUT2D eigenvalue weighted by Gasteiger charge is 2.19. The highest BCUT2D eigenvalue weighted by Crippen LogP contribution is 2.28. The Bertz CT molecular complexity index is 1010. The summed E-state index contributed by atoms with van der Waals surface area (Å²) in [5.41, 5.74) is 4.91. The maximum atomic E-state index is 12.8. The van der Waals surface area contributed by atoms with E-state index in [1.54, 1.807) is 35.5 Å². The average molecular weight is 413 g/mol. The van der Waals surface area contributed by atoms with Crippen molar-refractivity contribution in [1.29, 1.82) is 0 Å². The number of nitrogens with one attached hydrogen (secondary N) is 2. The van der Waals surface area contributed by atoms with Crippen LogP contribution in [0, 0.1) is 0 Å². The fourth-order valence-corrected chi connectivity index (χ4v) is 3.48. The second kappa shape index (κ2) is 8.09. The number of halogens is 2. The summed E-state index contributed by atoms with van der Waals surface area (Å²) >= 11 is 12.0. The van der Waals surface area contributed by atoms with Gasteiger partial charge >= 0.3 is 6.03 Å². The summed E-state index contributed by atoms with van der Waals surface area (Å²) < 4.78 is 0. The van der Waals surface area contributed by atoms with E-state index in [-0.39, 0.29) is 6.03 Å². The normalized spacial score (nSPS) is 13.3. The van der Waals surface area contributed by atoms with Gasteiger partial charge in [-0.2, -0.15) is 0 Å². The molecule has 0 saturated carbocycles. The molecule has 142 valence electrons. The molecule has 0 spiro atoms. The molecule has 2 N–H and O–H groups in total. The minimum Gasteiger partial charge on any atom is -0.383 e. The fourth-order valence-electron chi connectivity index (χ4n) is 3.18. The van der Waals surface area contributed by atoms with Crippen LogP contribution in [-0.4, -0.2) is 29.0 Å². The van der Waals surface area contributed by atoms with Gasteiger partial charge in [0.25, 0.3) is 0 Å². The number of carbonyl (C=O) groups is 1. The van der Waals surface area contributed by atoms with Gasteiger partial charge in [0.1, 0.15) is 0 Å². The lowest BCUT2D eigenvalue weighted by Crippen LogP contribution is -2.36. The van der Waals surface area contributed by atoms with Gasteiger partial charge < -0.3 is 15.5 Å². The number of fused-ring (bicyclic) bond motifs is 1. The van der Waals surface area contributed by atoms with Gasteiger partial charge in [-0.3, -0.25) is 4.98 Å². The Labute approximate surface area is 173 Å².